The molecule has 0 saturated carbocycles. The fraction of sp³-hybridized carbons (Fsp3) is 0.500. The molecule has 0 aliphatic heterocycles. The standard InChI is InChI=1S/C8H13N3O3S2/c1-8(2,3)11-16(13,14)10-7(12)6-4-5-15-9-6/h4-5,11H,1-3H3,(H,10,12). The van der Waals surface area contributed by atoms with E-state index in [1.54, 1.807) is 26.2 Å². The van der Waals surface area contributed by atoms with E-state index >= 15 is 0 Å². The molecule has 2 N–H and O–H groups in total. The molecule has 90 valence electrons. The second-order valence-electron chi connectivity index (χ2n) is 4.17. The van der Waals surface area contributed by atoms with Crippen molar-refractivity contribution in [2.45, 2.75) is 26.3 Å². The Labute approximate surface area is 98.4 Å². The molecule has 8 heteroatoms. The van der Waals surface area contributed by atoms with E-state index in [1.165, 1.54) is 6.07 Å². The molecule has 1 aromatic heterocycles. The van der Waals surface area contributed by atoms with Gasteiger partial charge in [-0.3, -0.25) is 4.79 Å². The average molecular weight is 263 g/mol. The number of hydrogen-bond donors (Lipinski definition) is 2. The highest BCUT2D eigenvalue weighted by Gasteiger charge is 2.22. The molecule has 1 aromatic rings. The average Bonchev–Trinajstić information content (AvgIpc) is 2.48. The zero-order valence-corrected chi connectivity index (χ0v) is 10.8. The number of amides is 1. The van der Waals surface area contributed by atoms with Gasteiger partial charge in [0.1, 0.15) is 5.69 Å². The summed E-state index contributed by atoms with van der Waals surface area (Å²) in [5, 5.41) is 1.60. The van der Waals surface area contributed by atoms with Crippen LogP contribution in [0.1, 0.15) is 31.3 Å². The van der Waals surface area contributed by atoms with Crippen molar-refractivity contribution in [2.24, 2.45) is 0 Å². The minimum atomic E-state index is -3.85. The minimum Gasteiger partial charge on any atom is -0.266 e. The molecule has 0 spiro atoms. The van der Waals surface area contributed by atoms with Gasteiger partial charge in [0, 0.05) is 10.9 Å². The van der Waals surface area contributed by atoms with Crippen LogP contribution in [0.15, 0.2) is 11.4 Å². The molecule has 1 amide bonds. The van der Waals surface area contributed by atoms with Crippen molar-refractivity contribution in [1.82, 2.24) is 13.8 Å². The minimum absolute atomic E-state index is 0.0873. The van der Waals surface area contributed by atoms with Gasteiger partial charge in [0.15, 0.2) is 0 Å². The summed E-state index contributed by atoms with van der Waals surface area (Å²) < 4.78 is 30.9. The molecule has 6 nitrogen and oxygen atoms in total. The van der Waals surface area contributed by atoms with Crippen molar-refractivity contribution in [3.8, 4) is 0 Å². The van der Waals surface area contributed by atoms with Crippen molar-refractivity contribution < 1.29 is 13.2 Å². The second kappa shape index (κ2) is 4.48. The van der Waals surface area contributed by atoms with Gasteiger partial charge in [-0.2, -0.15) is 17.5 Å². The van der Waals surface area contributed by atoms with Crippen LogP contribution in [0.3, 0.4) is 0 Å². The molecule has 0 atom stereocenters. The van der Waals surface area contributed by atoms with Gasteiger partial charge in [0.05, 0.1) is 0 Å². The van der Waals surface area contributed by atoms with Gasteiger partial charge in [0.25, 0.3) is 5.91 Å². The quantitative estimate of drug-likeness (QED) is 0.831. The molecule has 0 aliphatic carbocycles. The van der Waals surface area contributed by atoms with E-state index in [0.29, 0.717) is 0 Å². The molecule has 0 fully saturated rings. The Balaban J connectivity index is 2.71. The van der Waals surface area contributed by atoms with E-state index in [-0.39, 0.29) is 5.69 Å². The van der Waals surface area contributed by atoms with Crippen molar-refractivity contribution in [2.75, 3.05) is 0 Å². The van der Waals surface area contributed by atoms with Gasteiger partial charge in [-0.25, -0.2) is 4.72 Å². The SMILES string of the molecule is CC(C)(C)NS(=O)(=O)NC(=O)c1ccsn1. The van der Waals surface area contributed by atoms with Gasteiger partial charge in [-0.1, -0.05) is 0 Å². The number of aromatic nitrogens is 1. The van der Waals surface area contributed by atoms with E-state index in [0.717, 1.165) is 11.5 Å². The third-order valence-electron chi connectivity index (χ3n) is 1.34. The van der Waals surface area contributed by atoms with Crippen molar-refractivity contribution in [1.29, 1.82) is 0 Å². The third-order valence-corrected chi connectivity index (χ3v) is 3.23. The molecule has 1 heterocycles. The van der Waals surface area contributed by atoms with Crippen molar-refractivity contribution >= 4 is 27.6 Å². The lowest BCUT2D eigenvalue weighted by Gasteiger charge is -2.20. The molecule has 0 saturated heterocycles. The van der Waals surface area contributed by atoms with Crippen LogP contribution in [0.2, 0.25) is 0 Å². The number of carbonyl (C=O) groups is 1. The largest absolute Gasteiger partial charge is 0.302 e. The normalized spacial score (nSPS) is 12.4. The van der Waals surface area contributed by atoms with Crippen LogP contribution < -0.4 is 9.44 Å². The molecular weight excluding hydrogens is 250 g/mol. The van der Waals surface area contributed by atoms with Crippen LogP contribution in [-0.4, -0.2) is 24.2 Å². The van der Waals surface area contributed by atoms with E-state index in [2.05, 4.69) is 9.10 Å². The summed E-state index contributed by atoms with van der Waals surface area (Å²) in [5.41, 5.74) is -0.557. The first-order valence-corrected chi connectivity index (χ1v) is 6.78. The predicted molar refractivity (Wildman–Crippen MR) is 61.4 cm³/mol. The van der Waals surface area contributed by atoms with Gasteiger partial charge >= 0.3 is 10.2 Å². The monoisotopic (exact) mass is 263 g/mol. The summed E-state index contributed by atoms with van der Waals surface area (Å²) in [6.45, 7) is 5.04. The highest BCUT2D eigenvalue weighted by molar-refractivity contribution is 7.88. The lowest BCUT2D eigenvalue weighted by molar-refractivity contribution is 0.0977. The topological polar surface area (TPSA) is 88.2 Å². The Morgan fingerprint density at radius 3 is 2.50 bits per heavy atom. The lowest BCUT2D eigenvalue weighted by Crippen LogP contribution is -2.48. The maximum Gasteiger partial charge on any atom is 0.302 e. The third kappa shape index (κ3) is 4.25. The zero-order chi connectivity index (χ0) is 12.4. The van der Waals surface area contributed by atoms with Crippen LogP contribution in [0, 0.1) is 0 Å². The van der Waals surface area contributed by atoms with Crippen LogP contribution in [0.25, 0.3) is 0 Å². The van der Waals surface area contributed by atoms with Crippen LogP contribution in [-0.2, 0) is 10.2 Å². The summed E-state index contributed by atoms with van der Waals surface area (Å²) in [5.74, 6) is -0.738. The molecule has 16 heavy (non-hydrogen) atoms. The van der Waals surface area contributed by atoms with Gasteiger partial charge in [0.2, 0.25) is 0 Å². The Kier molecular flexibility index (Phi) is 3.66. The maximum absolute atomic E-state index is 11.5. The highest BCUT2D eigenvalue weighted by Crippen LogP contribution is 2.03. The van der Waals surface area contributed by atoms with Crippen LogP contribution in [0.5, 0.6) is 0 Å². The molecule has 0 unspecified atom stereocenters. The number of carbonyl (C=O) groups excluding carboxylic acids is 1. The first kappa shape index (κ1) is 13.1. The molecule has 1 rings (SSSR count). The molecule has 0 bridgehead atoms. The molecule has 0 radical (unpaired) electrons. The Hall–Kier alpha value is -0.990. The van der Waals surface area contributed by atoms with Crippen LogP contribution >= 0.6 is 11.5 Å². The number of hydrogen-bond acceptors (Lipinski definition) is 5. The summed E-state index contributed by atoms with van der Waals surface area (Å²) in [7, 11) is -3.85. The lowest BCUT2D eigenvalue weighted by atomic mass is 10.1. The summed E-state index contributed by atoms with van der Waals surface area (Å²) >= 11 is 1.08. The number of nitrogens with zero attached hydrogens (tertiary/aromatic N) is 1. The summed E-state index contributed by atoms with van der Waals surface area (Å²) in [6, 6.07) is 1.45. The van der Waals surface area contributed by atoms with E-state index in [9.17, 15) is 13.2 Å². The van der Waals surface area contributed by atoms with E-state index < -0.39 is 21.7 Å². The fourth-order valence-corrected chi connectivity index (χ4v) is 2.65. The summed E-state index contributed by atoms with van der Waals surface area (Å²) in [4.78, 5) is 11.4. The number of rotatable bonds is 3. The second-order valence-corrected chi connectivity index (χ2v) is 6.25. The Morgan fingerprint density at radius 1 is 1.44 bits per heavy atom. The predicted octanol–water partition coefficient (Wildman–Crippen LogP) is 0.506. The Morgan fingerprint density at radius 2 is 2.06 bits per heavy atom. The molecular formula is C8H13N3O3S2. The molecule has 0 aromatic carbocycles. The van der Waals surface area contributed by atoms with Gasteiger partial charge in [-0.15, -0.1) is 0 Å². The smallest absolute Gasteiger partial charge is 0.266 e. The fourth-order valence-electron chi connectivity index (χ4n) is 0.933. The van der Waals surface area contributed by atoms with Gasteiger partial charge < -0.3 is 0 Å². The van der Waals surface area contributed by atoms with Crippen molar-refractivity contribution in [3.63, 3.8) is 0 Å². The zero-order valence-electron chi connectivity index (χ0n) is 9.14. The first-order valence-electron chi connectivity index (χ1n) is 4.46. The van der Waals surface area contributed by atoms with Gasteiger partial charge in [-0.05, 0) is 38.4 Å². The van der Waals surface area contributed by atoms with Crippen LogP contribution in [0.4, 0.5) is 0 Å². The number of nitrogens with one attached hydrogen (secondary N) is 2. The molecule has 0 aliphatic rings. The van der Waals surface area contributed by atoms with E-state index in [1.807, 2.05) is 4.72 Å². The van der Waals surface area contributed by atoms with E-state index in [4.69, 9.17) is 0 Å². The first-order chi connectivity index (χ1) is 7.20. The highest BCUT2D eigenvalue weighted by atomic mass is 32.2. The van der Waals surface area contributed by atoms with Crippen molar-refractivity contribution in [3.05, 3.63) is 17.1 Å². The maximum atomic E-state index is 11.5. The Bertz CT molecular complexity index is 459. The summed E-state index contributed by atoms with van der Waals surface area (Å²) in [6.07, 6.45) is 0.